The third kappa shape index (κ3) is 4.24. The molecule has 1 aliphatic heterocycles. The van der Waals surface area contributed by atoms with Gasteiger partial charge in [-0.3, -0.25) is 0 Å². The quantitative estimate of drug-likeness (QED) is 0.890. The lowest BCUT2D eigenvalue weighted by atomic mass is 10.1. The van der Waals surface area contributed by atoms with Gasteiger partial charge < -0.3 is 20.1 Å². The van der Waals surface area contributed by atoms with Crippen molar-refractivity contribution in [1.82, 2.24) is 5.32 Å². The summed E-state index contributed by atoms with van der Waals surface area (Å²) < 4.78 is 5.40. The van der Waals surface area contributed by atoms with E-state index < -0.39 is 0 Å². The average molecular weight is 312 g/mol. The molecular weight excluding hydrogens is 288 g/mol. The molecule has 0 unspecified atom stereocenters. The number of phenolic OH excluding ortho intramolecular Hbond substituents is 1. The molecule has 0 aromatic heterocycles. The maximum Gasteiger partial charge on any atom is 0.115 e. The molecule has 4 nitrogen and oxygen atoms in total. The third-order valence-corrected chi connectivity index (χ3v) is 4.29. The SMILES string of the molecule is C[C@H](NCc1cccc(O)c1)c1ccc(N2CCOCC2)cc1. The van der Waals surface area contributed by atoms with Crippen molar-refractivity contribution in [1.29, 1.82) is 0 Å². The number of rotatable bonds is 5. The van der Waals surface area contributed by atoms with Crippen molar-refractivity contribution < 1.29 is 9.84 Å². The summed E-state index contributed by atoms with van der Waals surface area (Å²) >= 11 is 0. The summed E-state index contributed by atoms with van der Waals surface area (Å²) in [4.78, 5) is 2.36. The van der Waals surface area contributed by atoms with Crippen molar-refractivity contribution in [3.63, 3.8) is 0 Å². The first-order chi connectivity index (χ1) is 11.2. The summed E-state index contributed by atoms with van der Waals surface area (Å²) in [5.74, 6) is 0.312. The summed E-state index contributed by atoms with van der Waals surface area (Å²) in [5, 5.41) is 13.0. The topological polar surface area (TPSA) is 44.7 Å². The van der Waals surface area contributed by atoms with Crippen LogP contribution in [-0.2, 0) is 11.3 Å². The largest absolute Gasteiger partial charge is 0.508 e. The van der Waals surface area contributed by atoms with E-state index in [1.165, 1.54) is 11.3 Å². The Morgan fingerprint density at radius 3 is 2.57 bits per heavy atom. The Balaban J connectivity index is 1.57. The highest BCUT2D eigenvalue weighted by atomic mass is 16.5. The molecule has 0 bridgehead atoms. The first kappa shape index (κ1) is 15.8. The Kier molecular flexibility index (Phi) is 5.16. The van der Waals surface area contributed by atoms with Crippen molar-refractivity contribution >= 4 is 5.69 Å². The summed E-state index contributed by atoms with van der Waals surface area (Å²) in [6, 6.07) is 16.4. The maximum atomic E-state index is 9.51. The molecule has 1 aliphatic rings. The molecular formula is C19H24N2O2. The summed E-state index contributed by atoms with van der Waals surface area (Å²) in [6.07, 6.45) is 0. The van der Waals surface area contributed by atoms with Crippen LogP contribution in [0.1, 0.15) is 24.1 Å². The summed E-state index contributed by atoms with van der Waals surface area (Å²) in [7, 11) is 0. The molecule has 23 heavy (non-hydrogen) atoms. The Morgan fingerprint density at radius 1 is 1.13 bits per heavy atom. The minimum absolute atomic E-state index is 0.260. The van der Waals surface area contributed by atoms with Crippen molar-refractivity contribution in [2.75, 3.05) is 31.2 Å². The molecule has 0 aliphatic carbocycles. The summed E-state index contributed by atoms with van der Waals surface area (Å²) in [6.45, 7) is 6.44. The van der Waals surface area contributed by atoms with Gasteiger partial charge in [-0.15, -0.1) is 0 Å². The van der Waals surface area contributed by atoms with Gasteiger partial charge in [-0.2, -0.15) is 0 Å². The Labute approximate surface area is 137 Å². The van der Waals surface area contributed by atoms with Crippen LogP contribution in [0.2, 0.25) is 0 Å². The fourth-order valence-corrected chi connectivity index (χ4v) is 2.85. The van der Waals surface area contributed by atoms with Gasteiger partial charge >= 0.3 is 0 Å². The number of hydrogen-bond acceptors (Lipinski definition) is 4. The molecule has 1 heterocycles. The second-order valence-corrected chi connectivity index (χ2v) is 5.96. The van der Waals surface area contributed by atoms with E-state index in [9.17, 15) is 5.11 Å². The number of hydrogen-bond donors (Lipinski definition) is 2. The highest BCUT2D eigenvalue weighted by molar-refractivity contribution is 5.48. The number of anilines is 1. The van der Waals surface area contributed by atoms with Gasteiger partial charge in [0.05, 0.1) is 13.2 Å². The van der Waals surface area contributed by atoms with Gasteiger partial charge in [0.2, 0.25) is 0 Å². The zero-order chi connectivity index (χ0) is 16.1. The van der Waals surface area contributed by atoms with Gasteiger partial charge in [-0.25, -0.2) is 0 Å². The normalized spacial score (nSPS) is 16.3. The van der Waals surface area contributed by atoms with Crippen LogP contribution < -0.4 is 10.2 Å². The molecule has 0 spiro atoms. The van der Waals surface area contributed by atoms with E-state index >= 15 is 0 Å². The van der Waals surface area contributed by atoms with Crippen LogP contribution in [0.3, 0.4) is 0 Å². The smallest absolute Gasteiger partial charge is 0.115 e. The molecule has 2 aromatic rings. The van der Waals surface area contributed by atoms with E-state index in [0.29, 0.717) is 5.75 Å². The zero-order valence-corrected chi connectivity index (χ0v) is 13.5. The molecule has 0 radical (unpaired) electrons. The second-order valence-electron chi connectivity index (χ2n) is 5.96. The number of aromatic hydroxyl groups is 1. The van der Waals surface area contributed by atoms with Crippen LogP contribution in [-0.4, -0.2) is 31.4 Å². The number of ether oxygens (including phenoxy) is 1. The number of morpholine rings is 1. The molecule has 4 heteroatoms. The third-order valence-electron chi connectivity index (χ3n) is 4.29. The first-order valence-electron chi connectivity index (χ1n) is 8.16. The molecule has 122 valence electrons. The van der Waals surface area contributed by atoms with Gasteiger partial charge in [0, 0.05) is 31.4 Å². The standard InChI is InChI=1S/C19H24N2O2/c1-15(20-14-16-3-2-4-19(22)13-16)17-5-7-18(8-6-17)21-9-11-23-12-10-21/h2-8,13,15,20,22H,9-12,14H2,1H3/t15-/m0/s1. The highest BCUT2D eigenvalue weighted by Crippen LogP contribution is 2.20. The van der Waals surface area contributed by atoms with Crippen LogP contribution in [0.25, 0.3) is 0 Å². The van der Waals surface area contributed by atoms with Crippen LogP contribution >= 0.6 is 0 Å². The minimum atomic E-state index is 0.260. The van der Waals surface area contributed by atoms with Crippen molar-refractivity contribution in [3.8, 4) is 5.75 Å². The fourth-order valence-electron chi connectivity index (χ4n) is 2.85. The Hall–Kier alpha value is -2.04. The molecule has 3 rings (SSSR count). The predicted octanol–water partition coefficient (Wildman–Crippen LogP) is 3.08. The monoisotopic (exact) mass is 312 g/mol. The minimum Gasteiger partial charge on any atom is -0.508 e. The Morgan fingerprint density at radius 2 is 1.87 bits per heavy atom. The molecule has 1 fully saturated rings. The van der Waals surface area contributed by atoms with E-state index in [-0.39, 0.29) is 6.04 Å². The van der Waals surface area contributed by atoms with Gasteiger partial charge in [-0.05, 0) is 42.3 Å². The van der Waals surface area contributed by atoms with Crippen LogP contribution in [0.15, 0.2) is 48.5 Å². The van der Waals surface area contributed by atoms with E-state index in [0.717, 1.165) is 38.4 Å². The van der Waals surface area contributed by atoms with Crippen LogP contribution in [0, 0.1) is 0 Å². The molecule has 1 atom stereocenters. The fraction of sp³-hybridized carbons (Fsp3) is 0.368. The van der Waals surface area contributed by atoms with Crippen molar-refractivity contribution in [2.24, 2.45) is 0 Å². The lowest BCUT2D eigenvalue weighted by Gasteiger charge is -2.29. The maximum absolute atomic E-state index is 9.51. The highest BCUT2D eigenvalue weighted by Gasteiger charge is 2.12. The van der Waals surface area contributed by atoms with E-state index in [4.69, 9.17) is 4.74 Å². The molecule has 0 saturated carbocycles. The second kappa shape index (κ2) is 7.49. The molecule has 1 saturated heterocycles. The molecule has 2 N–H and O–H groups in total. The van der Waals surface area contributed by atoms with Gasteiger partial charge in [0.1, 0.15) is 5.75 Å². The van der Waals surface area contributed by atoms with Gasteiger partial charge in [0.15, 0.2) is 0 Å². The number of benzene rings is 2. The lowest BCUT2D eigenvalue weighted by Crippen LogP contribution is -2.36. The summed E-state index contributed by atoms with van der Waals surface area (Å²) in [5.41, 5.74) is 3.61. The van der Waals surface area contributed by atoms with Crippen molar-refractivity contribution in [3.05, 3.63) is 59.7 Å². The number of phenols is 1. The van der Waals surface area contributed by atoms with Gasteiger partial charge in [0.25, 0.3) is 0 Å². The van der Waals surface area contributed by atoms with E-state index in [1.54, 1.807) is 12.1 Å². The van der Waals surface area contributed by atoms with E-state index in [2.05, 4.69) is 41.4 Å². The van der Waals surface area contributed by atoms with Gasteiger partial charge in [-0.1, -0.05) is 24.3 Å². The number of nitrogens with one attached hydrogen (secondary N) is 1. The Bertz CT molecular complexity index is 622. The van der Waals surface area contributed by atoms with E-state index in [1.807, 2.05) is 12.1 Å². The molecule has 0 amide bonds. The van der Waals surface area contributed by atoms with Crippen LogP contribution in [0.4, 0.5) is 5.69 Å². The predicted molar refractivity (Wildman–Crippen MR) is 92.8 cm³/mol. The van der Waals surface area contributed by atoms with Crippen molar-refractivity contribution in [2.45, 2.75) is 19.5 Å². The average Bonchev–Trinajstić information content (AvgIpc) is 2.61. The first-order valence-corrected chi connectivity index (χ1v) is 8.16. The zero-order valence-electron chi connectivity index (χ0n) is 13.5. The molecule has 2 aromatic carbocycles. The lowest BCUT2D eigenvalue weighted by molar-refractivity contribution is 0.122. The van der Waals surface area contributed by atoms with Crippen LogP contribution in [0.5, 0.6) is 5.75 Å². The number of nitrogens with zero attached hydrogens (tertiary/aromatic N) is 1.